The van der Waals surface area contributed by atoms with E-state index in [1.807, 2.05) is 24.3 Å². The molecule has 0 amide bonds. The van der Waals surface area contributed by atoms with Crippen LogP contribution in [0.3, 0.4) is 0 Å². The van der Waals surface area contributed by atoms with E-state index >= 15 is 0 Å². The van der Waals surface area contributed by atoms with E-state index in [1.165, 1.54) is 0 Å². The molecule has 0 aliphatic carbocycles. The number of methoxy groups -OCH3 is 1. The molecule has 142 valence electrons. The first-order chi connectivity index (χ1) is 12.5. The second-order valence-electron chi connectivity index (χ2n) is 5.58. The molecular formula is C18H20Cl2F2N2O2. The van der Waals surface area contributed by atoms with Gasteiger partial charge in [-0.1, -0.05) is 41.4 Å². The lowest BCUT2D eigenvalue weighted by molar-refractivity contribution is -0.0743. The summed E-state index contributed by atoms with van der Waals surface area (Å²) in [6, 6.07) is 11.8. The summed E-state index contributed by atoms with van der Waals surface area (Å²) < 4.78 is 35.9. The van der Waals surface area contributed by atoms with Crippen LogP contribution in [0, 0.1) is 0 Å². The molecule has 1 atom stereocenters. The highest BCUT2D eigenvalue weighted by Crippen LogP contribution is 2.19. The van der Waals surface area contributed by atoms with Gasteiger partial charge in [-0.2, -0.15) is 0 Å². The number of alkyl halides is 2. The first-order valence-electron chi connectivity index (χ1n) is 8.00. The van der Waals surface area contributed by atoms with Gasteiger partial charge >= 0.3 is 0 Å². The third-order valence-electron chi connectivity index (χ3n) is 3.80. The quantitative estimate of drug-likeness (QED) is 0.700. The number of aromatic nitrogens is 1. The molecule has 2 aromatic rings. The van der Waals surface area contributed by atoms with Crippen molar-refractivity contribution in [1.82, 2.24) is 9.88 Å². The van der Waals surface area contributed by atoms with Crippen molar-refractivity contribution in [2.75, 3.05) is 26.9 Å². The molecule has 4 nitrogen and oxygen atoms in total. The lowest BCUT2D eigenvalue weighted by atomic mass is 10.1. The first-order valence-corrected chi connectivity index (χ1v) is 8.76. The zero-order valence-corrected chi connectivity index (χ0v) is 15.8. The summed E-state index contributed by atoms with van der Waals surface area (Å²) in [5, 5.41) is 0.856. The zero-order valence-electron chi connectivity index (χ0n) is 14.2. The molecule has 1 aromatic carbocycles. The van der Waals surface area contributed by atoms with Crippen molar-refractivity contribution in [1.29, 1.82) is 0 Å². The Balaban J connectivity index is 0.000000254. The van der Waals surface area contributed by atoms with Gasteiger partial charge in [0.1, 0.15) is 16.1 Å². The molecule has 0 bridgehead atoms. The monoisotopic (exact) mass is 404 g/mol. The molecule has 1 unspecified atom stereocenters. The highest BCUT2D eigenvalue weighted by Gasteiger charge is 2.30. The number of benzene rings is 1. The third kappa shape index (κ3) is 6.68. The Morgan fingerprint density at radius 3 is 2.35 bits per heavy atom. The largest absolute Gasteiger partial charge is 0.497 e. The summed E-state index contributed by atoms with van der Waals surface area (Å²) in [6.45, 7) is 1.68. The molecular weight excluding hydrogens is 385 g/mol. The Hall–Kier alpha value is -1.47. The van der Waals surface area contributed by atoms with E-state index in [0.717, 1.165) is 11.3 Å². The Kier molecular flexibility index (Phi) is 8.51. The molecule has 2 heterocycles. The second kappa shape index (κ2) is 10.6. The number of halogens is 4. The van der Waals surface area contributed by atoms with Crippen molar-refractivity contribution >= 4 is 23.2 Å². The van der Waals surface area contributed by atoms with Crippen LogP contribution in [0.5, 0.6) is 5.75 Å². The minimum atomic E-state index is -2.37. The molecule has 8 heteroatoms. The van der Waals surface area contributed by atoms with E-state index in [-0.39, 0.29) is 6.61 Å². The van der Waals surface area contributed by atoms with Crippen molar-refractivity contribution < 1.29 is 18.3 Å². The molecule has 26 heavy (non-hydrogen) atoms. The Morgan fingerprint density at radius 2 is 1.85 bits per heavy atom. The van der Waals surface area contributed by atoms with E-state index in [4.69, 9.17) is 32.7 Å². The van der Waals surface area contributed by atoms with Gasteiger partial charge in [0, 0.05) is 13.1 Å². The molecule has 1 fully saturated rings. The van der Waals surface area contributed by atoms with Crippen LogP contribution in [-0.2, 0) is 11.3 Å². The number of hydrogen-bond acceptors (Lipinski definition) is 4. The van der Waals surface area contributed by atoms with E-state index in [9.17, 15) is 8.78 Å². The van der Waals surface area contributed by atoms with Crippen LogP contribution in [0.15, 0.2) is 42.5 Å². The van der Waals surface area contributed by atoms with E-state index < -0.39 is 12.5 Å². The first kappa shape index (κ1) is 20.8. The van der Waals surface area contributed by atoms with Crippen molar-refractivity contribution in [2.45, 2.75) is 19.0 Å². The highest BCUT2D eigenvalue weighted by atomic mass is 35.5. The molecule has 1 aliphatic rings. The standard InChI is InChI=1S/C13H17F2NO2.C5H3Cl2N/c1-17-11-4-2-10(3-5-11)8-16-6-7-18-9-12(16)13(14)15;6-4-2-1-3-5(7)8-4/h2-5,12-13H,6-9H2,1H3;1-3H. The van der Waals surface area contributed by atoms with Crippen molar-refractivity contribution in [2.24, 2.45) is 0 Å². The van der Waals surface area contributed by atoms with Gasteiger partial charge in [0.15, 0.2) is 0 Å². The molecule has 0 radical (unpaired) electrons. The number of ether oxygens (including phenoxy) is 2. The lowest BCUT2D eigenvalue weighted by Gasteiger charge is -2.34. The van der Waals surface area contributed by atoms with Crippen molar-refractivity contribution in [3.05, 3.63) is 58.3 Å². The van der Waals surface area contributed by atoms with E-state index in [0.29, 0.717) is 30.0 Å². The third-order valence-corrected chi connectivity index (χ3v) is 4.22. The van der Waals surface area contributed by atoms with Crippen molar-refractivity contribution in [3.63, 3.8) is 0 Å². The van der Waals surface area contributed by atoms with Crippen LogP contribution in [0.25, 0.3) is 0 Å². The fourth-order valence-electron chi connectivity index (χ4n) is 2.43. The second-order valence-corrected chi connectivity index (χ2v) is 6.35. The van der Waals surface area contributed by atoms with Crippen LogP contribution in [0.1, 0.15) is 5.56 Å². The molecule has 0 saturated carbocycles. The summed E-state index contributed by atoms with van der Waals surface area (Å²) in [5.41, 5.74) is 1.00. The summed E-state index contributed by atoms with van der Waals surface area (Å²) in [5.74, 6) is 0.770. The van der Waals surface area contributed by atoms with Gasteiger partial charge in [-0.3, -0.25) is 4.90 Å². The zero-order chi connectivity index (χ0) is 18.9. The minimum absolute atomic E-state index is 0.105. The van der Waals surface area contributed by atoms with Crippen LogP contribution >= 0.6 is 23.2 Å². The van der Waals surface area contributed by atoms with Gasteiger partial charge in [-0.15, -0.1) is 0 Å². The molecule has 1 aromatic heterocycles. The molecule has 0 N–H and O–H groups in total. The van der Waals surface area contributed by atoms with Gasteiger partial charge in [0.25, 0.3) is 6.43 Å². The molecule has 0 spiro atoms. The predicted molar refractivity (Wildman–Crippen MR) is 98.3 cm³/mol. The van der Waals surface area contributed by atoms with Gasteiger partial charge < -0.3 is 9.47 Å². The number of rotatable bonds is 4. The maximum atomic E-state index is 12.9. The summed E-state index contributed by atoms with van der Waals surface area (Å²) in [7, 11) is 1.60. The fourth-order valence-corrected chi connectivity index (χ4v) is 2.81. The van der Waals surface area contributed by atoms with Crippen LogP contribution < -0.4 is 4.74 Å². The lowest BCUT2D eigenvalue weighted by Crippen LogP contribution is -2.48. The molecule has 1 aliphatic heterocycles. The Labute approximate surface area is 161 Å². The number of hydrogen-bond donors (Lipinski definition) is 0. The van der Waals surface area contributed by atoms with E-state index in [1.54, 1.807) is 30.2 Å². The van der Waals surface area contributed by atoms with Crippen LogP contribution in [0.4, 0.5) is 8.78 Å². The normalized spacial score (nSPS) is 17.5. The average Bonchev–Trinajstić information content (AvgIpc) is 2.63. The Morgan fingerprint density at radius 1 is 1.19 bits per heavy atom. The van der Waals surface area contributed by atoms with Gasteiger partial charge in [-0.05, 0) is 29.8 Å². The summed E-state index contributed by atoms with van der Waals surface area (Å²) in [6.07, 6.45) is -2.37. The number of pyridine rings is 1. The minimum Gasteiger partial charge on any atom is -0.497 e. The SMILES string of the molecule is COc1ccc(CN2CCOCC2C(F)F)cc1.Clc1cccc(Cl)n1. The van der Waals surface area contributed by atoms with Crippen LogP contribution in [-0.4, -0.2) is 49.2 Å². The van der Waals surface area contributed by atoms with Crippen LogP contribution in [0.2, 0.25) is 10.3 Å². The summed E-state index contributed by atoms with van der Waals surface area (Å²) in [4.78, 5) is 5.48. The van der Waals surface area contributed by atoms with Gasteiger partial charge in [-0.25, -0.2) is 13.8 Å². The predicted octanol–water partition coefficient (Wildman–Crippen LogP) is 4.55. The van der Waals surface area contributed by atoms with E-state index in [2.05, 4.69) is 4.98 Å². The Bertz CT molecular complexity index is 657. The maximum Gasteiger partial charge on any atom is 0.256 e. The maximum absolute atomic E-state index is 12.9. The van der Waals surface area contributed by atoms with Gasteiger partial charge in [0.05, 0.1) is 26.4 Å². The number of morpholine rings is 1. The average molecular weight is 405 g/mol. The molecule has 3 rings (SSSR count). The summed E-state index contributed by atoms with van der Waals surface area (Å²) >= 11 is 10.9. The van der Waals surface area contributed by atoms with Crippen molar-refractivity contribution in [3.8, 4) is 5.75 Å². The fraction of sp³-hybridized carbons (Fsp3) is 0.389. The smallest absolute Gasteiger partial charge is 0.256 e. The number of nitrogens with zero attached hydrogens (tertiary/aromatic N) is 2. The van der Waals surface area contributed by atoms with Gasteiger partial charge in [0.2, 0.25) is 0 Å². The molecule has 1 saturated heterocycles. The highest BCUT2D eigenvalue weighted by molar-refractivity contribution is 6.32. The topological polar surface area (TPSA) is 34.6 Å².